The van der Waals surface area contributed by atoms with Crippen LogP contribution in [0.4, 0.5) is 11.4 Å². The number of amides is 2. The van der Waals surface area contributed by atoms with Gasteiger partial charge in [-0.3, -0.25) is 9.59 Å². The second-order valence-corrected chi connectivity index (χ2v) is 8.23. The van der Waals surface area contributed by atoms with Crippen LogP contribution >= 0.6 is 27.5 Å². The lowest BCUT2D eigenvalue weighted by Crippen LogP contribution is -2.20. The molecule has 0 fully saturated rings. The Labute approximate surface area is 210 Å². The Hall–Kier alpha value is -3.80. The highest BCUT2D eigenvalue weighted by molar-refractivity contribution is 9.10. The number of carbonyl (C=O) groups is 2. The van der Waals surface area contributed by atoms with Gasteiger partial charge in [0.1, 0.15) is 23.1 Å². The first-order chi connectivity index (χ1) is 16.4. The number of hydrogen-bond donors (Lipinski definition) is 2. The van der Waals surface area contributed by atoms with Crippen molar-refractivity contribution in [2.24, 2.45) is 0 Å². The van der Waals surface area contributed by atoms with Gasteiger partial charge in [-0.05, 0) is 72.8 Å². The molecule has 0 aliphatic heterocycles. The summed E-state index contributed by atoms with van der Waals surface area (Å²) < 4.78 is 11.5. The number of carbonyl (C=O) groups excluding carboxylic acids is 2. The lowest BCUT2D eigenvalue weighted by Gasteiger charge is -2.11. The molecule has 3 rings (SSSR count). The third kappa shape index (κ3) is 7.10. The molecular formula is C25H19BrClN3O4. The molecule has 0 saturated heterocycles. The number of rotatable bonds is 8. The summed E-state index contributed by atoms with van der Waals surface area (Å²) in [5.41, 5.74) is 1.41. The summed E-state index contributed by atoms with van der Waals surface area (Å²) in [6, 6.07) is 20.4. The fourth-order valence-corrected chi connectivity index (χ4v) is 3.32. The zero-order valence-electron chi connectivity index (χ0n) is 18.0. The van der Waals surface area contributed by atoms with Crippen LogP contribution in [0.25, 0.3) is 6.08 Å². The smallest absolute Gasteiger partial charge is 0.266 e. The van der Waals surface area contributed by atoms with E-state index < -0.39 is 5.91 Å². The summed E-state index contributed by atoms with van der Waals surface area (Å²) in [6.45, 7) is -0.270. The van der Waals surface area contributed by atoms with E-state index >= 15 is 0 Å². The van der Waals surface area contributed by atoms with Crippen LogP contribution in [0.2, 0.25) is 5.02 Å². The molecule has 3 aromatic carbocycles. The molecule has 0 spiro atoms. The maximum atomic E-state index is 12.6. The number of hydrogen-bond acceptors (Lipinski definition) is 5. The lowest BCUT2D eigenvalue weighted by molar-refractivity contribution is -0.118. The third-order valence-corrected chi connectivity index (χ3v) is 5.22. The number of nitrogens with zero attached hydrogens (tertiary/aromatic N) is 1. The van der Waals surface area contributed by atoms with Crippen molar-refractivity contribution in [1.82, 2.24) is 0 Å². The minimum Gasteiger partial charge on any atom is -0.497 e. The molecule has 0 saturated carbocycles. The summed E-state index contributed by atoms with van der Waals surface area (Å²) in [5.74, 6) is 0.0473. The predicted octanol–water partition coefficient (Wildman–Crippen LogP) is 5.67. The largest absolute Gasteiger partial charge is 0.497 e. The van der Waals surface area contributed by atoms with E-state index in [1.165, 1.54) is 6.08 Å². The van der Waals surface area contributed by atoms with E-state index in [0.29, 0.717) is 37.9 Å². The standard InChI is InChI=1S/C25H19BrClN3O4/c1-33-22-9-7-20(8-10-22)29-24(31)15-34-23-11-2-18(26)13-16(23)12-17(14-28)25(32)30-21-5-3-19(27)4-6-21/h2-13H,15H2,1H3,(H,29,31)(H,30,32)/b17-12-. The highest BCUT2D eigenvalue weighted by atomic mass is 79.9. The lowest BCUT2D eigenvalue weighted by atomic mass is 10.1. The van der Waals surface area contributed by atoms with Crippen molar-refractivity contribution in [2.45, 2.75) is 0 Å². The monoisotopic (exact) mass is 539 g/mol. The van der Waals surface area contributed by atoms with Crippen molar-refractivity contribution in [2.75, 3.05) is 24.4 Å². The predicted molar refractivity (Wildman–Crippen MR) is 135 cm³/mol. The molecule has 7 nitrogen and oxygen atoms in total. The molecule has 0 aromatic heterocycles. The van der Waals surface area contributed by atoms with Crippen LogP contribution in [0.3, 0.4) is 0 Å². The summed E-state index contributed by atoms with van der Waals surface area (Å²) >= 11 is 9.23. The molecule has 0 unspecified atom stereocenters. The first kappa shape index (κ1) is 24.8. The minimum absolute atomic E-state index is 0.138. The number of methoxy groups -OCH3 is 1. The van der Waals surface area contributed by atoms with Gasteiger partial charge in [0, 0.05) is 26.4 Å². The van der Waals surface area contributed by atoms with Gasteiger partial charge in [0.25, 0.3) is 11.8 Å². The number of nitriles is 1. The molecule has 3 aromatic rings. The highest BCUT2D eigenvalue weighted by Crippen LogP contribution is 2.26. The fourth-order valence-electron chi connectivity index (χ4n) is 2.81. The van der Waals surface area contributed by atoms with Crippen molar-refractivity contribution in [3.8, 4) is 17.6 Å². The van der Waals surface area contributed by atoms with Crippen LogP contribution in [0.15, 0.2) is 76.8 Å². The Kier molecular flexibility index (Phi) is 8.68. The SMILES string of the molecule is COc1ccc(NC(=O)COc2ccc(Br)cc2/C=C(/C#N)C(=O)Nc2ccc(Cl)cc2)cc1. The molecule has 0 radical (unpaired) electrons. The highest BCUT2D eigenvalue weighted by Gasteiger charge is 2.13. The van der Waals surface area contributed by atoms with Gasteiger partial charge in [0.2, 0.25) is 0 Å². The van der Waals surface area contributed by atoms with Crippen LogP contribution < -0.4 is 20.1 Å². The fraction of sp³-hybridized carbons (Fsp3) is 0.0800. The van der Waals surface area contributed by atoms with Crippen molar-refractivity contribution in [3.05, 3.63) is 87.4 Å². The maximum Gasteiger partial charge on any atom is 0.266 e. The molecular weight excluding hydrogens is 522 g/mol. The van der Waals surface area contributed by atoms with Gasteiger partial charge in [-0.1, -0.05) is 27.5 Å². The van der Waals surface area contributed by atoms with Gasteiger partial charge in [-0.25, -0.2) is 0 Å². The summed E-state index contributed by atoms with van der Waals surface area (Å²) in [6.07, 6.45) is 1.40. The van der Waals surface area contributed by atoms with Gasteiger partial charge in [-0.15, -0.1) is 0 Å². The molecule has 0 heterocycles. The molecule has 2 N–H and O–H groups in total. The molecule has 9 heteroatoms. The van der Waals surface area contributed by atoms with Gasteiger partial charge in [-0.2, -0.15) is 5.26 Å². The van der Waals surface area contributed by atoms with Crippen molar-refractivity contribution >= 4 is 56.8 Å². The van der Waals surface area contributed by atoms with Crippen molar-refractivity contribution in [3.63, 3.8) is 0 Å². The molecule has 2 amide bonds. The van der Waals surface area contributed by atoms with Gasteiger partial charge >= 0.3 is 0 Å². The second kappa shape index (κ2) is 11.9. The van der Waals surface area contributed by atoms with Crippen molar-refractivity contribution < 1.29 is 19.1 Å². The number of halogens is 2. The molecule has 0 aliphatic carbocycles. The Morgan fingerprint density at radius 2 is 1.68 bits per heavy atom. The summed E-state index contributed by atoms with van der Waals surface area (Å²) in [4.78, 5) is 24.9. The molecule has 0 bridgehead atoms. The number of anilines is 2. The Morgan fingerprint density at radius 1 is 1.03 bits per heavy atom. The Balaban J connectivity index is 1.71. The Bertz CT molecular complexity index is 1250. The average molecular weight is 541 g/mol. The number of ether oxygens (including phenoxy) is 2. The molecule has 172 valence electrons. The average Bonchev–Trinajstić information content (AvgIpc) is 2.83. The van der Waals surface area contributed by atoms with Gasteiger partial charge < -0.3 is 20.1 Å². The second-order valence-electron chi connectivity index (χ2n) is 6.88. The van der Waals surface area contributed by atoms with E-state index in [-0.39, 0.29) is 18.1 Å². The zero-order valence-corrected chi connectivity index (χ0v) is 20.3. The van der Waals surface area contributed by atoms with E-state index in [0.717, 1.165) is 0 Å². The van der Waals surface area contributed by atoms with Crippen LogP contribution in [0, 0.1) is 11.3 Å². The van der Waals surface area contributed by atoms with Crippen LogP contribution in [0.5, 0.6) is 11.5 Å². The van der Waals surface area contributed by atoms with E-state index in [2.05, 4.69) is 26.6 Å². The maximum absolute atomic E-state index is 12.6. The van der Waals surface area contributed by atoms with E-state index in [9.17, 15) is 14.9 Å². The zero-order chi connectivity index (χ0) is 24.5. The van der Waals surface area contributed by atoms with Gasteiger partial charge in [0.15, 0.2) is 6.61 Å². The minimum atomic E-state index is -0.590. The summed E-state index contributed by atoms with van der Waals surface area (Å²) in [7, 11) is 1.56. The quantitative estimate of drug-likeness (QED) is 0.283. The van der Waals surface area contributed by atoms with E-state index in [1.807, 2.05) is 6.07 Å². The number of nitrogens with one attached hydrogen (secondary N) is 2. The molecule has 0 aliphatic rings. The first-order valence-electron chi connectivity index (χ1n) is 9.93. The van der Waals surface area contributed by atoms with Crippen molar-refractivity contribution in [1.29, 1.82) is 5.26 Å². The van der Waals surface area contributed by atoms with Crippen LogP contribution in [-0.4, -0.2) is 25.5 Å². The third-order valence-electron chi connectivity index (χ3n) is 4.47. The van der Waals surface area contributed by atoms with Crippen LogP contribution in [-0.2, 0) is 9.59 Å². The van der Waals surface area contributed by atoms with Gasteiger partial charge in [0.05, 0.1) is 7.11 Å². The Morgan fingerprint density at radius 3 is 2.32 bits per heavy atom. The normalized spacial score (nSPS) is 10.7. The molecule has 0 atom stereocenters. The number of benzene rings is 3. The topological polar surface area (TPSA) is 100 Å². The van der Waals surface area contributed by atoms with Crippen LogP contribution in [0.1, 0.15) is 5.56 Å². The first-order valence-corrected chi connectivity index (χ1v) is 11.1. The summed E-state index contributed by atoms with van der Waals surface area (Å²) in [5, 5.41) is 15.4. The van der Waals surface area contributed by atoms with E-state index in [1.54, 1.807) is 73.8 Å². The van der Waals surface area contributed by atoms with E-state index in [4.69, 9.17) is 21.1 Å². The molecule has 34 heavy (non-hydrogen) atoms.